The van der Waals surface area contributed by atoms with Crippen molar-refractivity contribution in [2.75, 3.05) is 0 Å². The number of allylic oxidation sites excluding steroid dienone is 4. The summed E-state index contributed by atoms with van der Waals surface area (Å²) < 4.78 is 28.9. The number of carbonyl (C=O) groups is 1. The van der Waals surface area contributed by atoms with Crippen molar-refractivity contribution in [3.05, 3.63) is 51.5 Å². The molecule has 0 heterocycles. The summed E-state index contributed by atoms with van der Waals surface area (Å²) in [7, 11) is -3.81. The monoisotopic (exact) mass is 367 g/mol. The van der Waals surface area contributed by atoms with Crippen LogP contribution in [0.2, 0.25) is 0 Å². The van der Waals surface area contributed by atoms with Gasteiger partial charge in [-0.1, -0.05) is 6.07 Å². The molecule has 4 nitrogen and oxygen atoms in total. The first-order chi connectivity index (χ1) is 9.70. The quantitative estimate of drug-likeness (QED) is 0.754. The molecule has 0 bridgehead atoms. The Morgan fingerprint density at radius 1 is 1.00 bits per heavy atom. The van der Waals surface area contributed by atoms with Gasteiger partial charge in [0, 0.05) is 0 Å². The third-order valence-corrected chi connectivity index (χ3v) is 5.28. The Kier molecular flexibility index (Phi) is 4.30. The van der Waals surface area contributed by atoms with Gasteiger partial charge in [0.15, 0.2) is 5.78 Å². The van der Waals surface area contributed by atoms with E-state index in [1.165, 1.54) is 18.2 Å². The topological polar surface area (TPSA) is 63.6 Å². The zero-order valence-corrected chi connectivity index (χ0v) is 14.2. The van der Waals surface area contributed by atoms with Gasteiger partial charge in [-0.05, 0) is 77.7 Å². The van der Waals surface area contributed by atoms with E-state index in [1.807, 2.05) is 19.9 Å². The van der Waals surface area contributed by atoms with Crippen LogP contribution >= 0.6 is 15.9 Å². The number of ketones is 1. The van der Waals surface area contributed by atoms with Crippen LogP contribution in [-0.2, 0) is 14.8 Å². The zero-order valence-electron chi connectivity index (χ0n) is 11.8. The Morgan fingerprint density at radius 2 is 1.62 bits per heavy atom. The van der Waals surface area contributed by atoms with E-state index >= 15 is 0 Å². The lowest BCUT2D eigenvalue weighted by Gasteiger charge is -2.09. The average Bonchev–Trinajstić information content (AvgIpc) is 2.37. The minimum Gasteiger partial charge on any atom is -0.289 e. The summed E-state index contributed by atoms with van der Waals surface area (Å²) in [6.45, 7) is 5.53. The van der Waals surface area contributed by atoms with Crippen LogP contribution in [0.5, 0.6) is 0 Å². The van der Waals surface area contributed by atoms with Crippen molar-refractivity contribution in [3.8, 4) is 0 Å². The van der Waals surface area contributed by atoms with Gasteiger partial charge in [0.2, 0.25) is 0 Å². The second-order valence-electron chi connectivity index (χ2n) is 4.88. The molecule has 0 atom stereocenters. The molecule has 0 saturated heterocycles. The summed E-state index contributed by atoms with van der Waals surface area (Å²) in [4.78, 5) is 11.5. The van der Waals surface area contributed by atoms with Crippen molar-refractivity contribution < 1.29 is 13.2 Å². The van der Waals surface area contributed by atoms with E-state index < -0.39 is 10.0 Å². The average molecular weight is 368 g/mol. The maximum atomic E-state index is 12.4. The number of nitrogens with zero attached hydrogens (tertiary/aromatic N) is 1. The van der Waals surface area contributed by atoms with E-state index in [0.29, 0.717) is 5.56 Å². The van der Waals surface area contributed by atoms with Crippen LogP contribution in [0.4, 0.5) is 0 Å². The fourth-order valence-corrected chi connectivity index (χ4v) is 3.59. The largest absolute Gasteiger partial charge is 0.289 e. The first-order valence-corrected chi connectivity index (χ1v) is 8.46. The molecule has 1 aromatic carbocycles. The summed E-state index contributed by atoms with van der Waals surface area (Å²) in [6.07, 6.45) is 4.07. The highest BCUT2D eigenvalue weighted by Gasteiger charge is 2.18. The lowest BCUT2D eigenvalue weighted by Crippen LogP contribution is -2.08. The molecule has 6 heteroatoms. The molecule has 0 radical (unpaired) electrons. The fraction of sp³-hybridized carbons (Fsp3) is 0.200. The smallest absolute Gasteiger partial charge is 0.283 e. The molecule has 0 saturated carbocycles. The maximum absolute atomic E-state index is 12.4. The van der Waals surface area contributed by atoms with Crippen molar-refractivity contribution >= 4 is 37.4 Å². The summed E-state index contributed by atoms with van der Waals surface area (Å²) in [6, 6.07) is 3.45. The zero-order chi connectivity index (χ0) is 15.8. The molecule has 0 aromatic heterocycles. The number of sulfonamides is 1. The Labute approximate surface area is 132 Å². The van der Waals surface area contributed by atoms with E-state index in [-0.39, 0.29) is 20.9 Å². The molecule has 0 aliphatic heterocycles. The van der Waals surface area contributed by atoms with E-state index in [0.717, 1.165) is 11.1 Å². The second-order valence-corrected chi connectivity index (χ2v) is 7.31. The molecular formula is C15H14BrNO3S. The molecule has 1 aromatic rings. The van der Waals surface area contributed by atoms with Crippen molar-refractivity contribution in [1.29, 1.82) is 0 Å². The van der Waals surface area contributed by atoms with Crippen molar-refractivity contribution in [2.24, 2.45) is 4.40 Å². The number of rotatable bonds is 2. The molecule has 2 rings (SSSR count). The van der Waals surface area contributed by atoms with Crippen LogP contribution in [-0.4, -0.2) is 19.9 Å². The standard InChI is InChI=1S/C15H14BrNO3S/c1-9-6-11(3)15(7-10(9)2)21(19,20)17-12-4-5-14(18)13(16)8-12/h4-8H,1-3H3/b17-12+. The number of carbonyl (C=O) groups excluding carboxylic acids is 1. The molecule has 1 aliphatic carbocycles. The van der Waals surface area contributed by atoms with Gasteiger partial charge in [0.25, 0.3) is 10.0 Å². The second kappa shape index (κ2) is 5.69. The molecular weight excluding hydrogens is 354 g/mol. The van der Waals surface area contributed by atoms with Gasteiger partial charge in [-0.2, -0.15) is 12.8 Å². The van der Waals surface area contributed by atoms with Crippen LogP contribution in [0.1, 0.15) is 16.7 Å². The number of benzene rings is 1. The van der Waals surface area contributed by atoms with E-state index in [4.69, 9.17) is 0 Å². The maximum Gasteiger partial charge on any atom is 0.283 e. The van der Waals surface area contributed by atoms with Crippen LogP contribution in [0.3, 0.4) is 0 Å². The van der Waals surface area contributed by atoms with Gasteiger partial charge in [-0.25, -0.2) is 0 Å². The highest BCUT2D eigenvalue weighted by Crippen LogP contribution is 2.23. The molecule has 21 heavy (non-hydrogen) atoms. The van der Waals surface area contributed by atoms with Crippen LogP contribution < -0.4 is 0 Å². The van der Waals surface area contributed by atoms with Crippen LogP contribution in [0.15, 0.2) is 44.1 Å². The Balaban J connectivity index is 2.52. The Morgan fingerprint density at radius 3 is 2.24 bits per heavy atom. The molecule has 1 aliphatic rings. The highest BCUT2D eigenvalue weighted by molar-refractivity contribution is 9.12. The van der Waals surface area contributed by atoms with Crippen LogP contribution in [0.25, 0.3) is 0 Å². The number of hydrogen-bond acceptors (Lipinski definition) is 3. The fourth-order valence-electron chi connectivity index (χ4n) is 1.95. The summed E-state index contributed by atoms with van der Waals surface area (Å²) in [5.74, 6) is -0.214. The van der Waals surface area contributed by atoms with Gasteiger partial charge in [0.05, 0.1) is 15.1 Å². The molecule has 0 fully saturated rings. The summed E-state index contributed by atoms with van der Waals surface area (Å²) in [5.41, 5.74) is 2.80. The summed E-state index contributed by atoms with van der Waals surface area (Å²) >= 11 is 3.08. The van der Waals surface area contributed by atoms with Crippen molar-refractivity contribution in [1.82, 2.24) is 0 Å². The van der Waals surface area contributed by atoms with E-state index in [2.05, 4.69) is 20.3 Å². The SMILES string of the molecule is Cc1cc(C)c(S(=O)(=O)/N=C2\C=CC(=O)C(Br)=C2)cc1C. The van der Waals surface area contributed by atoms with Gasteiger partial charge >= 0.3 is 0 Å². The minimum atomic E-state index is -3.81. The first kappa shape index (κ1) is 15.9. The van der Waals surface area contributed by atoms with E-state index in [1.54, 1.807) is 13.0 Å². The number of aryl methyl sites for hydroxylation is 3. The Hall–Kier alpha value is -1.53. The van der Waals surface area contributed by atoms with Crippen molar-refractivity contribution in [2.45, 2.75) is 25.7 Å². The van der Waals surface area contributed by atoms with Gasteiger partial charge in [-0.15, -0.1) is 0 Å². The van der Waals surface area contributed by atoms with Gasteiger partial charge in [0.1, 0.15) is 0 Å². The van der Waals surface area contributed by atoms with Crippen LogP contribution in [0, 0.1) is 20.8 Å². The van der Waals surface area contributed by atoms with Gasteiger partial charge < -0.3 is 0 Å². The number of hydrogen-bond donors (Lipinski definition) is 0. The predicted octanol–water partition coefficient (Wildman–Crippen LogP) is 3.16. The van der Waals surface area contributed by atoms with Crippen molar-refractivity contribution in [3.63, 3.8) is 0 Å². The number of halogens is 1. The third kappa shape index (κ3) is 3.39. The lowest BCUT2D eigenvalue weighted by atomic mass is 10.1. The summed E-state index contributed by atoms with van der Waals surface area (Å²) in [5, 5.41) is 0. The first-order valence-electron chi connectivity index (χ1n) is 6.23. The highest BCUT2D eigenvalue weighted by atomic mass is 79.9. The Bertz CT molecular complexity index is 818. The lowest BCUT2D eigenvalue weighted by molar-refractivity contribution is -0.110. The normalized spacial score (nSPS) is 17.2. The minimum absolute atomic E-state index is 0.188. The molecule has 0 amide bonds. The molecule has 0 unspecified atom stereocenters. The van der Waals surface area contributed by atoms with E-state index in [9.17, 15) is 13.2 Å². The third-order valence-electron chi connectivity index (χ3n) is 3.21. The molecule has 110 valence electrons. The van der Waals surface area contributed by atoms with Gasteiger partial charge in [-0.3, -0.25) is 4.79 Å². The predicted molar refractivity (Wildman–Crippen MR) is 86.4 cm³/mol. The molecule has 0 N–H and O–H groups in total. The molecule has 0 spiro atoms.